The van der Waals surface area contributed by atoms with Gasteiger partial charge in [-0.3, -0.25) is 4.79 Å². The van der Waals surface area contributed by atoms with E-state index in [1.54, 1.807) is 18.3 Å². The molecule has 0 aliphatic rings. The number of fused-ring (bicyclic) bond motifs is 1. The zero-order valence-corrected chi connectivity index (χ0v) is 10.3. The molecule has 0 saturated heterocycles. The first-order valence-electron chi connectivity index (χ1n) is 6.08. The van der Waals surface area contributed by atoms with Gasteiger partial charge in [-0.1, -0.05) is 24.3 Å². The second-order valence-electron chi connectivity index (χ2n) is 4.28. The number of carbonyl (C=O) groups is 1. The Bertz CT molecular complexity index is 703. The smallest absolute Gasteiger partial charge is 0.251 e. The molecule has 0 fully saturated rings. The van der Waals surface area contributed by atoms with Crippen LogP contribution >= 0.6 is 0 Å². The number of nitrogens with zero attached hydrogens (tertiary/aromatic N) is 2. The van der Waals surface area contributed by atoms with Gasteiger partial charge in [0.1, 0.15) is 5.65 Å². The van der Waals surface area contributed by atoms with Crippen molar-refractivity contribution in [1.29, 1.82) is 0 Å². The Balaban J connectivity index is 1.70. The summed E-state index contributed by atoms with van der Waals surface area (Å²) < 4.78 is 1.93. The van der Waals surface area contributed by atoms with Crippen LogP contribution in [0, 0.1) is 0 Å². The normalized spacial score (nSPS) is 10.5. The van der Waals surface area contributed by atoms with E-state index in [2.05, 4.69) is 10.3 Å². The van der Waals surface area contributed by atoms with Crippen molar-refractivity contribution >= 4 is 11.6 Å². The Labute approximate surface area is 110 Å². The first-order valence-corrected chi connectivity index (χ1v) is 6.08. The predicted octanol–water partition coefficient (Wildman–Crippen LogP) is 2.26. The van der Waals surface area contributed by atoms with E-state index in [1.165, 1.54) is 0 Å². The van der Waals surface area contributed by atoms with E-state index >= 15 is 0 Å². The van der Waals surface area contributed by atoms with Gasteiger partial charge in [0.15, 0.2) is 0 Å². The lowest BCUT2D eigenvalue weighted by atomic mass is 10.2. The molecule has 1 amide bonds. The molecule has 1 aromatic carbocycles. The molecule has 0 spiro atoms. The van der Waals surface area contributed by atoms with Crippen molar-refractivity contribution in [2.45, 2.75) is 6.54 Å². The van der Waals surface area contributed by atoms with E-state index in [1.807, 2.05) is 47.1 Å². The third-order valence-corrected chi connectivity index (χ3v) is 2.94. The summed E-state index contributed by atoms with van der Waals surface area (Å²) in [5, 5.41) is 2.90. The first kappa shape index (κ1) is 11.5. The average molecular weight is 251 g/mol. The Morgan fingerprint density at radius 3 is 2.84 bits per heavy atom. The van der Waals surface area contributed by atoms with E-state index in [9.17, 15) is 4.79 Å². The van der Waals surface area contributed by atoms with E-state index in [4.69, 9.17) is 0 Å². The van der Waals surface area contributed by atoms with Crippen molar-refractivity contribution < 1.29 is 4.79 Å². The Hall–Kier alpha value is -2.62. The fourth-order valence-corrected chi connectivity index (χ4v) is 1.94. The average Bonchev–Trinajstić information content (AvgIpc) is 2.93. The minimum atomic E-state index is -0.0636. The quantitative estimate of drug-likeness (QED) is 0.776. The fourth-order valence-electron chi connectivity index (χ4n) is 1.94. The van der Waals surface area contributed by atoms with Crippen molar-refractivity contribution in [2.24, 2.45) is 0 Å². The molecule has 0 aliphatic heterocycles. The molecular weight excluding hydrogens is 238 g/mol. The molecule has 94 valence electrons. The maximum absolute atomic E-state index is 11.9. The molecule has 4 heteroatoms. The second-order valence-corrected chi connectivity index (χ2v) is 4.28. The summed E-state index contributed by atoms with van der Waals surface area (Å²) in [6.45, 7) is 0.502. The van der Waals surface area contributed by atoms with Crippen molar-refractivity contribution in [3.8, 4) is 0 Å². The van der Waals surface area contributed by atoms with Crippen LogP contribution in [0.25, 0.3) is 5.65 Å². The molecule has 19 heavy (non-hydrogen) atoms. The lowest BCUT2D eigenvalue weighted by Crippen LogP contribution is -2.22. The van der Waals surface area contributed by atoms with Crippen LogP contribution in [-0.4, -0.2) is 15.3 Å². The Morgan fingerprint density at radius 2 is 2.00 bits per heavy atom. The second kappa shape index (κ2) is 4.94. The van der Waals surface area contributed by atoms with Gasteiger partial charge < -0.3 is 9.72 Å². The van der Waals surface area contributed by atoms with Crippen LogP contribution in [0.5, 0.6) is 0 Å². The van der Waals surface area contributed by atoms with Gasteiger partial charge in [-0.05, 0) is 23.8 Å². The number of rotatable bonds is 3. The number of benzene rings is 1. The van der Waals surface area contributed by atoms with E-state index < -0.39 is 0 Å². The summed E-state index contributed by atoms with van der Waals surface area (Å²) in [5.74, 6) is -0.0636. The molecule has 3 rings (SSSR count). The number of nitrogens with one attached hydrogen (secondary N) is 1. The molecular formula is C15H13N3O. The van der Waals surface area contributed by atoms with Crippen LogP contribution in [0.3, 0.4) is 0 Å². The van der Waals surface area contributed by atoms with Gasteiger partial charge in [0.25, 0.3) is 5.91 Å². The lowest BCUT2D eigenvalue weighted by Gasteiger charge is -2.06. The van der Waals surface area contributed by atoms with E-state index in [0.29, 0.717) is 12.1 Å². The topological polar surface area (TPSA) is 46.4 Å². The van der Waals surface area contributed by atoms with Crippen LogP contribution in [0.15, 0.2) is 61.1 Å². The standard InChI is InChI=1S/C15H13N3O/c19-15(13-4-2-1-3-5-13)17-10-12-6-7-14-16-8-9-18(14)11-12/h1-9,11H,10H2,(H,17,19). The largest absolute Gasteiger partial charge is 0.348 e. The molecule has 0 saturated carbocycles. The molecule has 0 bridgehead atoms. The molecule has 0 unspecified atom stereocenters. The zero-order valence-electron chi connectivity index (χ0n) is 10.3. The van der Waals surface area contributed by atoms with Crippen molar-refractivity contribution in [2.75, 3.05) is 0 Å². The monoisotopic (exact) mass is 251 g/mol. The molecule has 0 atom stereocenters. The highest BCUT2D eigenvalue weighted by Crippen LogP contribution is 2.05. The maximum atomic E-state index is 11.9. The van der Waals surface area contributed by atoms with Gasteiger partial charge in [-0.2, -0.15) is 0 Å². The highest BCUT2D eigenvalue weighted by Gasteiger charge is 2.04. The van der Waals surface area contributed by atoms with Gasteiger partial charge in [0.2, 0.25) is 0 Å². The van der Waals surface area contributed by atoms with Gasteiger partial charge in [0.05, 0.1) is 0 Å². The number of aromatic nitrogens is 2. The number of hydrogen-bond donors (Lipinski definition) is 1. The first-order chi connectivity index (χ1) is 9.33. The summed E-state index contributed by atoms with van der Waals surface area (Å²) in [5.41, 5.74) is 2.61. The van der Waals surface area contributed by atoms with E-state index in [-0.39, 0.29) is 5.91 Å². The Kier molecular flexibility index (Phi) is 2.98. The summed E-state index contributed by atoms with van der Waals surface area (Å²) in [6.07, 6.45) is 5.60. The minimum Gasteiger partial charge on any atom is -0.348 e. The molecule has 0 radical (unpaired) electrons. The molecule has 0 aliphatic carbocycles. The highest BCUT2D eigenvalue weighted by atomic mass is 16.1. The van der Waals surface area contributed by atoms with Gasteiger partial charge >= 0.3 is 0 Å². The number of carbonyl (C=O) groups excluding carboxylic acids is 1. The van der Waals surface area contributed by atoms with Crippen LogP contribution < -0.4 is 5.32 Å². The number of hydrogen-bond acceptors (Lipinski definition) is 2. The third-order valence-electron chi connectivity index (χ3n) is 2.94. The lowest BCUT2D eigenvalue weighted by molar-refractivity contribution is 0.0951. The highest BCUT2D eigenvalue weighted by molar-refractivity contribution is 5.94. The number of imidazole rings is 1. The van der Waals surface area contributed by atoms with Gasteiger partial charge in [0, 0.05) is 30.7 Å². The summed E-state index contributed by atoms with van der Waals surface area (Å²) in [4.78, 5) is 16.1. The zero-order chi connectivity index (χ0) is 13.1. The molecule has 1 N–H and O–H groups in total. The van der Waals surface area contributed by atoms with Crippen LogP contribution in [0.2, 0.25) is 0 Å². The molecule has 2 heterocycles. The predicted molar refractivity (Wildman–Crippen MR) is 72.8 cm³/mol. The summed E-state index contributed by atoms with van der Waals surface area (Å²) in [7, 11) is 0. The van der Waals surface area contributed by atoms with Gasteiger partial charge in [-0.15, -0.1) is 0 Å². The number of pyridine rings is 1. The van der Waals surface area contributed by atoms with Crippen LogP contribution in [0.1, 0.15) is 15.9 Å². The molecule has 4 nitrogen and oxygen atoms in total. The van der Waals surface area contributed by atoms with Crippen molar-refractivity contribution in [1.82, 2.24) is 14.7 Å². The molecule has 3 aromatic rings. The van der Waals surface area contributed by atoms with Crippen LogP contribution in [0.4, 0.5) is 0 Å². The minimum absolute atomic E-state index is 0.0636. The van der Waals surface area contributed by atoms with Crippen molar-refractivity contribution in [3.63, 3.8) is 0 Å². The Morgan fingerprint density at radius 1 is 1.16 bits per heavy atom. The van der Waals surface area contributed by atoms with Crippen molar-refractivity contribution in [3.05, 3.63) is 72.2 Å². The van der Waals surface area contributed by atoms with E-state index in [0.717, 1.165) is 11.2 Å². The van der Waals surface area contributed by atoms with Crippen LogP contribution in [-0.2, 0) is 6.54 Å². The maximum Gasteiger partial charge on any atom is 0.251 e. The molecule has 2 aromatic heterocycles. The number of amides is 1. The SMILES string of the molecule is O=C(NCc1ccc2nccn2c1)c1ccccc1. The summed E-state index contributed by atoms with van der Waals surface area (Å²) >= 11 is 0. The summed E-state index contributed by atoms with van der Waals surface area (Å²) in [6, 6.07) is 13.1. The van der Waals surface area contributed by atoms with Gasteiger partial charge in [-0.25, -0.2) is 4.98 Å². The fraction of sp³-hybridized carbons (Fsp3) is 0.0667. The third kappa shape index (κ3) is 2.47.